The van der Waals surface area contributed by atoms with E-state index in [4.69, 9.17) is 4.74 Å². The number of carbonyl (C=O) groups excluding carboxylic acids is 1. The predicted octanol–water partition coefficient (Wildman–Crippen LogP) is 4.74. The molecule has 146 valence electrons. The van der Waals surface area contributed by atoms with Gasteiger partial charge in [0.1, 0.15) is 5.75 Å². The number of hydrogen-bond donors (Lipinski definition) is 0. The molecule has 2 aromatic carbocycles. The molecular formula is C22H24N2O3S. The summed E-state index contributed by atoms with van der Waals surface area (Å²) in [6.45, 7) is 8.24. The molecule has 0 fully saturated rings. The van der Waals surface area contributed by atoms with Crippen LogP contribution in [0.2, 0.25) is 0 Å². The number of nitrogens with zero attached hydrogens (tertiary/aromatic N) is 2. The summed E-state index contributed by atoms with van der Waals surface area (Å²) in [5, 5.41) is 0.771. The van der Waals surface area contributed by atoms with Crippen LogP contribution >= 0.6 is 11.8 Å². The Kier molecular flexibility index (Phi) is 6.19. The van der Waals surface area contributed by atoms with E-state index >= 15 is 0 Å². The topological polar surface area (TPSA) is 61.2 Å². The Morgan fingerprint density at radius 2 is 1.79 bits per heavy atom. The third-order valence-electron chi connectivity index (χ3n) is 4.39. The summed E-state index contributed by atoms with van der Waals surface area (Å²) in [5.74, 6) is 0.731. The number of carbonyl (C=O) groups is 1. The van der Waals surface area contributed by atoms with Crippen molar-refractivity contribution in [3.05, 3.63) is 64.4 Å². The number of ketones is 1. The van der Waals surface area contributed by atoms with Crippen LogP contribution in [0.1, 0.15) is 44.1 Å². The standard InChI is InChI=1S/C22H24N2O3S/c1-5-27-17-12-10-16(11-13-17)20(25)15(4)28-22-23-19-9-7-6-8-18(19)21(26)24(22)14(2)3/h6-15H,5H2,1-4H3/t15-/m1/s1. The van der Waals surface area contributed by atoms with Crippen molar-refractivity contribution in [1.29, 1.82) is 0 Å². The lowest BCUT2D eigenvalue weighted by atomic mass is 10.1. The Labute approximate surface area is 168 Å². The minimum Gasteiger partial charge on any atom is -0.494 e. The molecule has 0 unspecified atom stereocenters. The van der Waals surface area contributed by atoms with Crippen molar-refractivity contribution in [2.24, 2.45) is 0 Å². The van der Waals surface area contributed by atoms with Gasteiger partial charge in [0.25, 0.3) is 5.56 Å². The number of thioether (sulfide) groups is 1. The van der Waals surface area contributed by atoms with Gasteiger partial charge in [-0.1, -0.05) is 23.9 Å². The number of benzene rings is 2. The van der Waals surface area contributed by atoms with E-state index < -0.39 is 0 Å². The molecule has 0 bridgehead atoms. The molecule has 28 heavy (non-hydrogen) atoms. The van der Waals surface area contributed by atoms with Crippen LogP contribution < -0.4 is 10.3 Å². The van der Waals surface area contributed by atoms with Gasteiger partial charge in [-0.15, -0.1) is 0 Å². The number of hydrogen-bond acceptors (Lipinski definition) is 5. The second kappa shape index (κ2) is 8.61. The molecule has 0 radical (unpaired) electrons. The smallest absolute Gasteiger partial charge is 0.262 e. The van der Waals surface area contributed by atoms with Gasteiger partial charge in [-0.3, -0.25) is 14.2 Å². The number of Topliss-reactive ketones (excluding diaryl/α,β-unsaturated/α-hetero) is 1. The quantitative estimate of drug-likeness (QED) is 0.328. The van der Waals surface area contributed by atoms with E-state index in [2.05, 4.69) is 4.98 Å². The van der Waals surface area contributed by atoms with Crippen LogP contribution in [0.4, 0.5) is 0 Å². The molecule has 3 rings (SSSR count). The van der Waals surface area contributed by atoms with E-state index in [9.17, 15) is 9.59 Å². The van der Waals surface area contributed by atoms with Gasteiger partial charge in [-0.2, -0.15) is 0 Å². The molecule has 1 heterocycles. The molecule has 0 spiro atoms. The average Bonchev–Trinajstić information content (AvgIpc) is 2.68. The number of fused-ring (bicyclic) bond motifs is 1. The van der Waals surface area contributed by atoms with E-state index in [1.54, 1.807) is 34.9 Å². The monoisotopic (exact) mass is 396 g/mol. The average molecular weight is 397 g/mol. The first-order valence-corrected chi connectivity index (χ1v) is 10.2. The van der Waals surface area contributed by atoms with E-state index in [-0.39, 0.29) is 22.6 Å². The predicted molar refractivity (Wildman–Crippen MR) is 114 cm³/mol. The fourth-order valence-electron chi connectivity index (χ4n) is 2.99. The lowest BCUT2D eigenvalue weighted by Gasteiger charge is -2.18. The Bertz CT molecular complexity index is 1040. The Morgan fingerprint density at radius 1 is 1.11 bits per heavy atom. The van der Waals surface area contributed by atoms with Gasteiger partial charge < -0.3 is 4.74 Å². The van der Waals surface area contributed by atoms with Crippen LogP contribution in [-0.2, 0) is 0 Å². The van der Waals surface area contributed by atoms with Crippen LogP contribution in [0.15, 0.2) is 58.5 Å². The minimum absolute atomic E-state index is 0.00855. The van der Waals surface area contributed by atoms with Gasteiger partial charge >= 0.3 is 0 Å². The van der Waals surface area contributed by atoms with E-state index in [0.29, 0.717) is 28.2 Å². The lowest BCUT2D eigenvalue weighted by molar-refractivity contribution is 0.0993. The second-order valence-electron chi connectivity index (χ2n) is 6.76. The second-order valence-corrected chi connectivity index (χ2v) is 8.07. The fraction of sp³-hybridized carbons (Fsp3) is 0.318. The summed E-state index contributed by atoms with van der Waals surface area (Å²) in [5.41, 5.74) is 1.18. The van der Waals surface area contributed by atoms with Crippen molar-refractivity contribution < 1.29 is 9.53 Å². The van der Waals surface area contributed by atoms with E-state index in [1.807, 2.05) is 45.9 Å². The number of ether oxygens (including phenoxy) is 1. The van der Waals surface area contributed by atoms with Crippen molar-refractivity contribution in [3.63, 3.8) is 0 Å². The maximum atomic E-state index is 12.9. The Hall–Kier alpha value is -2.60. The molecule has 0 aliphatic heterocycles. The van der Waals surface area contributed by atoms with Crippen molar-refractivity contribution in [3.8, 4) is 5.75 Å². The molecular weight excluding hydrogens is 372 g/mol. The van der Waals surface area contributed by atoms with Gasteiger partial charge in [0.05, 0.1) is 22.8 Å². The van der Waals surface area contributed by atoms with Crippen molar-refractivity contribution in [1.82, 2.24) is 9.55 Å². The van der Waals surface area contributed by atoms with Crippen molar-refractivity contribution in [2.75, 3.05) is 6.61 Å². The van der Waals surface area contributed by atoms with Crippen LogP contribution in [0.5, 0.6) is 5.75 Å². The van der Waals surface area contributed by atoms with E-state index in [0.717, 1.165) is 5.75 Å². The minimum atomic E-state index is -0.379. The van der Waals surface area contributed by atoms with E-state index in [1.165, 1.54) is 11.8 Å². The highest BCUT2D eigenvalue weighted by Gasteiger charge is 2.21. The summed E-state index contributed by atoms with van der Waals surface area (Å²) in [6, 6.07) is 14.4. The van der Waals surface area contributed by atoms with Crippen LogP contribution in [-0.4, -0.2) is 27.2 Å². The molecule has 1 aromatic heterocycles. The molecule has 0 saturated heterocycles. The molecule has 0 aliphatic rings. The summed E-state index contributed by atoms with van der Waals surface area (Å²) in [7, 11) is 0. The molecule has 1 atom stereocenters. The first-order valence-electron chi connectivity index (χ1n) is 9.37. The Balaban J connectivity index is 1.91. The van der Waals surface area contributed by atoms with Crippen molar-refractivity contribution >= 4 is 28.4 Å². The molecule has 0 aliphatic carbocycles. The summed E-state index contributed by atoms with van der Waals surface area (Å²) < 4.78 is 7.09. The molecule has 3 aromatic rings. The molecule has 6 heteroatoms. The highest BCUT2D eigenvalue weighted by molar-refractivity contribution is 8.00. The van der Waals surface area contributed by atoms with Gasteiger partial charge in [0, 0.05) is 11.6 Å². The summed E-state index contributed by atoms with van der Waals surface area (Å²) in [4.78, 5) is 30.5. The first-order chi connectivity index (χ1) is 13.4. The Morgan fingerprint density at radius 3 is 2.43 bits per heavy atom. The molecule has 0 N–H and O–H groups in total. The maximum Gasteiger partial charge on any atom is 0.262 e. The van der Waals surface area contributed by atoms with Crippen LogP contribution in [0.25, 0.3) is 10.9 Å². The molecule has 5 nitrogen and oxygen atoms in total. The highest BCUT2D eigenvalue weighted by atomic mass is 32.2. The van der Waals surface area contributed by atoms with Gasteiger partial charge in [0.2, 0.25) is 0 Å². The van der Waals surface area contributed by atoms with Crippen molar-refractivity contribution in [2.45, 2.75) is 44.1 Å². The number of rotatable bonds is 7. The van der Waals surface area contributed by atoms with Gasteiger partial charge in [-0.25, -0.2) is 4.98 Å². The zero-order chi connectivity index (χ0) is 20.3. The SMILES string of the molecule is CCOc1ccc(C(=O)[C@@H](C)Sc2nc3ccccc3c(=O)n2C(C)C)cc1. The maximum absolute atomic E-state index is 12.9. The van der Waals surface area contributed by atoms with Gasteiger partial charge in [-0.05, 0) is 64.1 Å². The zero-order valence-corrected chi connectivity index (χ0v) is 17.3. The third kappa shape index (κ3) is 4.12. The number of aromatic nitrogens is 2. The molecule has 0 amide bonds. The number of para-hydroxylation sites is 1. The van der Waals surface area contributed by atoms with Gasteiger partial charge in [0.15, 0.2) is 10.9 Å². The first kappa shape index (κ1) is 20.1. The highest BCUT2D eigenvalue weighted by Crippen LogP contribution is 2.27. The zero-order valence-electron chi connectivity index (χ0n) is 16.5. The van der Waals surface area contributed by atoms with Crippen LogP contribution in [0.3, 0.4) is 0 Å². The normalized spacial score (nSPS) is 12.3. The largest absolute Gasteiger partial charge is 0.494 e. The van der Waals surface area contributed by atoms with Crippen LogP contribution in [0, 0.1) is 0 Å². The lowest BCUT2D eigenvalue weighted by Crippen LogP contribution is -2.26. The molecule has 0 saturated carbocycles. The summed E-state index contributed by atoms with van der Waals surface area (Å²) >= 11 is 1.32. The summed E-state index contributed by atoms with van der Waals surface area (Å²) in [6.07, 6.45) is 0. The fourth-order valence-corrected chi connectivity index (χ4v) is 4.11. The third-order valence-corrected chi connectivity index (χ3v) is 5.46.